The van der Waals surface area contributed by atoms with Gasteiger partial charge in [-0.1, -0.05) is 104 Å². The molecule has 0 fully saturated rings. The molecule has 254 valence electrons. The summed E-state index contributed by atoms with van der Waals surface area (Å²) in [4.78, 5) is 4.86. The zero-order valence-corrected chi connectivity index (χ0v) is 31.9. The van der Waals surface area contributed by atoms with E-state index in [9.17, 15) is 0 Å². The van der Waals surface area contributed by atoms with Crippen LogP contribution in [0.1, 0.15) is 83.1 Å². The van der Waals surface area contributed by atoms with Gasteiger partial charge in [-0.05, 0) is 52.1 Å². The van der Waals surface area contributed by atoms with Crippen LogP contribution in [0.2, 0.25) is 0 Å². The van der Waals surface area contributed by atoms with Crippen LogP contribution in [0.15, 0.2) is 91.4 Å². The normalized spacial score (nSPS) is 13.7. The number of nitrogens with zero attached hydrogens (tertiary/aromatic N) is 4. The Morgan fingerprint density at radius 3 is 2.06 bits per heavy atom. The van der Waals surface area contributed by atoms with Crippen molar-refractivity contribution in [3.8, 4) is 23.0 Å². The zero-order valence-electron chi connectivity index (χ0n) is 32.7. The number of imidazole rings is 1. The summed E-state index contributed by atoms with van der Waals surface area (Å²) >= 11 is 0. The first-order valence-corrected chi connectivity index (χ1v) is 16.6. The molecule has 3 heterocycles. The molecular formula is C43H45N4OPt-. The van der Waals surface area contributed by atoms with E-state index in [1.54, 1.807) is 6.33 Å². The number of aryl methyl sites for hydroxylation is 1. The van der Waals surface area contributed by atoms with Gasteiger partial charge in [-0.15, -0.1) is 28.6 Å². The van der Waals surface area contributed by atoms with Gasteiger partial charge >= 0.3 is 0 Å². The van der Waals surface area contributed by atoms with E-state index in [1.807, 2.05) is 41.1 Å². The van der Waals surface area contributed by atoms with Crippen molar-refractivity contribution in [2.45, 2.75) is 78.6 Å². The summed E-state index contributed by atoms with van der Waals surface area (Å²) in [5, 5.41) is 2.20. The van der Waals surface area contributed by atoms with Gasteiger partial charge in [0.2, 0.25) is 0 Å². The Hall–Kier alpha value is -4.21. The molecule has 5 nitrogen and oxygen atoms in total. The van der Waals surface area contributed by atoms with E-state index in [-0.39, 0.29) is 37.3 Å². The molecule has 0 spiro atoms. The Balaban J connectivity index is 0.00000464. The molecule has 7 aromatic rings. The largest absolute Gasteiger partial charge is 0.508 e. The van der Waals surface area contributed by atoms with Crippen molar-refractivity contribution in [2.75, 3.05) is 0 Å². The molecule has 7 rings (SSSR count). The third kappa shape index (κ3) is 6.34. The van der Waals surface area contributed by atoms with Gasteiger partial charge in [0, 0.05) is 73.2 Å². The van der Waals surface area contributed by atoms with Gasteiger partial charge in [0.25, 0.3) is 0 Å². The Morgan fingerprint density at radius 1 is 0.714 bits per heavy atom. The van der Waals surface area contributed by atoms with Crippen molar-refractivity contribution in [1.82, 2.24) is 18.7 Å². The van der Waals surface area contributed by atoms with Gasteiger partial charge < -0.3 is 9.30 Å². The monoisotopic (exact) mass is 831 g/mol. The van der Waals surface area contributed by atoms with Gasteiger partial charge in [-0.25, -0.2) is 14.1 Å². The first kappa shape index (κ1) is 30.8. The van der Waals surface area contributed by atoms with Crippen LogP contribution in [0.3, 0.4) is 0 Å². The van der Waals surface area contributed by atoms with Gasteiger partial charge in [-0.3, -0.25) is 0 Å². The minimum absolute atomic E-state index is 0. The third-order valence-electron chi connectivity index (χ3n) is 9.13. The summed E-state index contributed by atoms with van der Waals surface area (Å²) in [6.45, 7) is 17.3. The second kappa shape index (κ2) is 12.3. The van der Waals surface area contributed by atoms with Crippen LogP contribution >= 0.6 is 0 Å². The van der Waals surface area contributed by atoms with Crippen LogP contribution in [0.5, 0.6) is 11.5 Å². The molecule has 4 aromatic carbocycles. The predicted octanol–water partition coefficient (Wildman–Crippen LogP) is 11.0. The fraction of sp³-hybridized carbons (Fsp3) is 0.302. The maximum Gasteiger partial charge on any atom is 0.188 e. The number of fused-ring (bicyclic) bond motifs is 4. The molecular weight excluding hydrogens is 784 g/mol. The van der Waals surface area contributed by atoms with Gasteiger partial charge in [-0.2, -0.15) is 6.07 Å². The molecule has 0 aliphatic carbocycles. The molecule has 3 aromatic heterocycles. The number of para-hydroxylation sites is 3. The molecule has 0 aliphatic heterocycles. The number of hydrogen-bond acceptors (Lipinski definition) is 2. The smallest absolute Gasteiger partial charge is 0.188 e. The number of benzene rings is 4. The summed E-state index contributed by atoms with van der Waals surface area (Å²) in [7, 11) is 0. The topological polar surface area (TPSA) is 36.9 Å². The zero-order chi connectivity index (χ0) is 36.7. The van der Waals surface area contributed by atoms with Crippen molar-refractivity contribution in [1.29, 1.82) is 0 Å². The van der Waals surface area contributed by atoms with Crippen molar-refractivity contribution >= 4 is 32.8 Å². The third-order valence-corrected chi connectivity index (χ3v) is 9.13. The molecule has 0 saturated heterocycles. The molecule has 0 unspecified atom stereocenters. The maximum absolute atomic E-state index is 8.21. The van der Waals surface area contributed by atoms with Crippen LogP contribution in [-0.2, 0) is 44.3 Å². The molecule has 0 radical (unpaired) electrons. The number of ether oxygens (including phenoxy) is 1. The molecule has 0 saturated carbocycles. The van der Waals surface area contributed by atoms with Crippen molar-refractivity contribution in [3.05, 3.63) is 120 Å². The van der Waals surface area contributed by atoms with E-state index < -0.39 is 6.98 Å². The number of hydrogen-bond donors (Lipinski definition) is 0. The molecule has 0 amide bonds. The van der Waals surface area contributed by atoms with Crippen LogP contribution in [-0.4, -0.2) is 18.7 Å². The maximum atomic E-state index is 8.21. The Labute approximate surface area is 309 Å². The SMILES string of the molecule is [2H]C([2H])([2H])n1[cH+]n(-c2[c-]c(Oc3[c-]c4c(cc3C(C)(C)C)c3ccccc3n4-c3cc(C(C)(C)C)ccn3)cc(C(C)(C)C)c2)c2ccccc21.[Pt]. The second-order valence-corrected chi connectivity index (χ2v) is 15.8. The molecule has 0 N–H and O–H groups in total. The van der Waals surface area contributed by atoms with Gasteiger partial charge in [0.1, 0.15) is 5.82 Å². The number of rotatable bonds is 4. The van der Waals surface area contributed by atoms with Crippen molar-refractivity contribution < 1.29 is 29.9 Å². The van der Waals surface area contributed by atoms with E-state index in [0.29, 0.717) is 22.7 Å². The number of pyridine rings is 1. The van der Waals surface area contributed by atoms with Crippen LogP contribution in [0, 0.1) is 12.1 Å². The summed E-state index contributed by atoms with van der Waals surface area (Å²) in [6.07, 6.45) is 3.52. The molecule has 0 atom stereocenters. The van der Waals surface area contributed by atoms with E-state index in [4.69, 9.17) is 13.8 Å². The van der Waals surface area contributed by atoms with Gasteiger partial charge in [0.05, 0.1) is 0 Å². The number of aromatic nitrogens is 4. The van der Waals surface area contributed by atoms with Crippen LogP contribution < -0.4 is 4.74 Å². The van der Waals surface area contributed by atoms with Crippen LogP contribution in [0.25, 0.3) is 44.3 Å². The average molecular weight is 832 g/mol. The fourth-order valence-corrected chi connectivity index (χ4v) is 6.36. The standard InChI is InChI=1S/C43H45N4O.Pt/c1-41(2,3)28-19-20-44-40(23-28)47-35-16-12-11-15-32(35)33-25-34(43(7,8)9)39(26-38(33)47)48-31-22-29(42(4,5)6)21-30(24-31)46-27-45(10)36-17-13-14-18-37(36)46;/h11-23,25,27H,1-10H3;/q-1;/i10D3;. The van der Waals surface area contributed by atoms with Gasteiger partial charge in [0.15, 0.2) is 17.4 Å². The summed E-state index contributed by atoms with van der Waals surface area (Å²) in [5.74, 6) is 1.95. The Morgan fingerprint density at radius 2 is 1.39 bits per heavy atom. The van der Waals surface area contributed by atoms with Crippen molar-refractivity contribution in [2.24, 2.45) is 6.98 Å². The fourth-order valence-electron chi connectivity index (χ4n) is 6.36. The summed E-state index contributed by atoms with van der Waals surface area (Å²) in [6, 6.07) is 33.8. The van der Waals surface area contributed by atoms with Crippen molar-refractivity contribution in [3.63, 3.8) is 0 Å². The quantitative estimate of drug-likeness (QED) is 0.166. The first-order valence-electron chi connectivity index (χ1n) is 18.1. The van der Waals surface area contributed by atoms with E-state index in [1.165, 1.54) is 10.1 Å². The molecule has 6 heteroatoms. The molecule has 0 aliphatic rings. The minimum atomic E-state index is -2.35. The molecule has 49 heavy (non-hydrogen) atoms. The summed E-state index contributed by atoms with van der Waals surface area (Å²) in [5.41, 5.74) is 6.66. The van der Waals surface area contributed by atoms with E-state index in [2.05, 4.69) is 128 Å². The minimum Gasteiger partial charge on any atom is -0.508 e. The Bertz CT molecular complexity index is 2450. The first-order chi connectivity index (χ1) is 23.8. The van der Waals surface area contributed by atoms with E-state index in [0.717, 1.165) is 44.3 Å². The van der Waals surface area contributed by atoms with Crippen LogP contribution in [0.4, 0.5) is 0 Å². The summed E-state index contributed by atoms with van der Waals surface area (Å²) < 4.78 is 36.9. The molecule has 0 bridgehead atoms. The predicted molar refractivity (Wildman–Crippen MR) is 199 cm³/mol. The Kier molecular flexibility index (Phi) is 7.73. The average Bonchev–Trinajstić information content (AvgIpc) is 3.59. The van der Waals surface area contributed by atoms with E-state index >= 15 is 0 Å². The second-order valence-electron chi connectivity index (χ2n) is 15.8.